The largest absolute Gasteiger partial charge is 0.399 e. The van der Waals surface area contributed by atoms with Crippen LogP contribution in [0.3, 0.4) is 0 Å². The molecule has 2 aromatic heterocycles. The van der Waals surface area contributed by atoms with Crippen LogP contribution in [0.5, 0.6) is 0 Å². The van der Waals surface area contributed by atoms with Crippen LogP contribution in [-0.4, -0.2) is 46.2 Å². The zero-order chi connectivity index (χ0) is 22.7. The molecule has 11 heteroatoms. The third kappa shape index (κ3) is 4.58. The Morgan fingerprint density at radius 2 is 1.94 bits per heavy atom. The highest BCUT2D eigenvalue weighted by Crippen LogP contribution is 2.30. The number of nitrogens with zero attached hydrogens (tertiary/aromatic N) is 4. The van der Waals surface area contributed by atoms with Crippen LogP contribution in [0.4, 0.5) is 22.9 Å². The van der Waals surface area contributed by atoms with Gasteiger partial charge in [-0.05, 0) is 43.5 Å². The first kappa shape index (κ1) is 21.8. The summed E-state index contributed by atoms with van der Waals surface area (Å²) >= 11 is 1.32. The molecular formula is C21H26N8O2S. The van der Waals surface area contributed by atoms with E-state index in [-0.39, 0.29) is 11.6 Å². The normalized spacial score (nSPS) is 14.4. The van der Waals surface area contributed by atoms with Gasteiger partial charge >= 0.3 is 0 Å². The molecule has 1 saturated heterocycles. The second-order valence-corrected chi connectivity index (χ2v) is 8.48. The molecule has 0 radical (unpaired) electrons. The van der Waals surface area contributed by atoms with Gasteiger partial charge in [0.25, 0.3) is 11.8 Å². The number of hydrogen-bond acceptors (Lipinski definition) is 8. The van der Waals surface area contributed by atoms with E-state index in [1.165, 1.54) is 11.3 Å². The van der Waals surface area contributed by atoms with Crippen LogP contribution in [0.1, 0.15) is 33.7 Å². The number of carbonyl (C=O) groups excluding carboxylic acids is 2. The van der Waals surface area contributed by atoms with Crippen LogP contribution >= 0.6 is 11.3 Å². The molecule has 3 aromatic rings. The molecule has 0 spiro atoms. The minimum absolute atomic E-state index is 0.277. The van der Waals surface area contributed by atoms with Gasteiger partial charge in [-0.25, -0.2) is 4.98 Å². The van der Waals surface area contributed by atoms with E-state index in [0.29, 0.717) is 35.1 Å². The zero-order valence-corrected chi connectivity index (χ0v) is 18.6. The standard InChI is InChI=1S/C21H26N8O2S/c1-28-21(29-6-4-13(9-22)5-7-29)17(10-25-28)27-19(30)15-3-2-14(23)8-16(15)26-20(31)18-11-32-12-24-18/h2-3,8,10-13H,4-7,9,22-23H2,1H3,(H,26,31)(H,27,30). The van der Waals surface area contributed by atoms with Crippen molar-refractivity contribution in [3.05, 3.63) is 46.5 Å². The summed E-state index contributed by atoms with van der Waals surface area (Å²) in [5.41, 5.74) is 15.2. The first-order valence-electron chi connectivity index (χ1n) is 10.3. The Balaban J connectivity index is 1.55. The lowest BCUT2D eigenvalue weighted by molar-refractivity contribution is 0.102. The second kappa shape index (κ2) is 9.37. The van der Waals surface area contributed by atoms with Gasteiger partial charge in [-0.2, -0.15) is 5.10 Å². The molecule has 0 atom stereocenters. The molecule has 3 heterocycles. The van der Waals surface area contributed by atoms with E-state index in [2.05, 4.69) is 25.6 Å². The lowest BCUT2D eigenvalue weighted by Crippen LogP contribution is -2.37. The lowest BCUT2D eigenvalue weighted by atomic mass is 9.97. The number of rotatable bonds is 6. The molecule has 10 nitrogen and oxygen atoms in total. The van der Waals surface area contributed by atoms with Crippen LogP contribution in [0.25, 0.3) is 0 Å². The first-order chi connectivity index (χ1) is 15.5. The van der Waals surface area contributed by atoms with Crippen LogP contribution < -0.4 is 27.0 Å². The Hall–Kier alpha value is -3.44. The van der Waals surface area contributed by atoms with Crippen molar-refractivity contribution in [2.75, 3.05) is 40.9 Å². The predicted molar refractivity (Wildman–Crippen MR) is 126 cm³/mol. The number of nitrogen functional groups attached to an aromatic ring is 1. The Kier molecular flexibility index (Phi) is 6.37. The minimum atomic E-state index is -0.407. The van der Waals surface area contributed by atoms with Crippen molar-refractivity contribution in [1.29, 1.82) is 0 Å². The van der Waals surface area contributed by atoms with Crippen LogP contribution in [-0.2, 0) is 7.05 Å². The minimum Gasteiger partial charge on any atom is -0.399 e. The van der Waals surface area contributed by atoms with Gasteiger partial charge in [0.15, 0.2) is 5.82 Å². The summed E-state index contributed by atoms with van der Waals surface area (Å²) < 4.78 is 1.76. The van der Waals surface area contributed by atoms with Gasteiger partial charge in [0, 0.05) is 31.2 Å². The van der Waals surface area contributed by atoms with Gasteiger partial charge in [-0.15, -0.1) is 11.3 Å². The third-order valence-corrected chi connectivity index (χ3v) is 6.19. The second-order valence-electron chi connectivity index (χ2n) is 7.76. The molecular weight excluding hydrogens is 428 g/mol. The molecule has 2 amide bonds. The lowest BCUT2D eigenvalue weighted by Gasteiger charge is -2.33. The van der Waals surface area contributed by atoms with Gasteiger partial charge in [0.05, 0.1) is 23.0 Å². The molecule has 0 saturated carbocycles. The smallest absolute Gasteiger partial charge is 0.275 e. The summed E-state index contributed by atoms with van der Waals surface area (Å²) in [7, 11) is 1.85. The van der Waals surface area contributed by atoms with E-state index in [0.717, 1.165) is 31.7 Å². The average Bonchev–Trinajstić information content (AvgIpc) is 3.44. The van der Waals surface area contributed by atoms with Crippen molar-refractivity contribution >= 4 is 46.0 Å². The van der Waals surface area contributed by atoms with E-state index in [9.17, 15) is 9.59 Å². The molecule has 0 unspecified atom stereocenters. The number of carbonyl (C=O) groups is 2. The van der Waals surface area contributed by atoms with Crippen molar-refractivity contribution in [3.63, 3.8) is 0 Å². The number of piperidine rings is 1. The van der Waals surface area contributed by atoms with Crippen LogP contribution in [0, 0.1) is 5.92 Å². The number of aromatic nitrogens is 3. The maximum atomic E-state index is 13.2. The highest BCUT2D eigenvalue weighted by atomic mass is 32.1. The Morgan fingerprint density at radius 3 is 2.62 bits per heavy atom. The number of anilines is 4. The monoisotopic (exact) mass is 454 g/mol. The quantitative estimate of drug-likeness (QED) is 0.418. The molecule has 0 bridgehead atoms. The summed E-state index contributed by atoms with van der Waals surface area (Å²) in [6.07, 6.45) is 3.63. The van der Waals surface area contributed by atoms with Gasteiger partial charge in [0.1, 0.15) is 11.4 Å². The molecule has 32 heavy (non-hydrogen) atoms. The van der Waals surface area contributed by atoms with Crippen molar-refractivity contribution in [2.45, 2.75) is 12.8 Å². The number of benzene rings is 1. The highest BCUT2D eigenvalue weighted by molar-refractivity contribution is 7.07. The van der Waals surface area contributed by atoms with Gasteiger partial charge < -0.3 is 27.0 Å². The Bertz CT molecular complexity index is 1100. The summed E-state index contributed by atoms with van der Waals surface area (Å²) in [5.74, 6) is 0.592. The van der Waals surface area contributed by atoms with Crippen molar-refractivity contribution < 1.29 is 9.59 Å². The number of nitrogens with two attached hydrogens (primary N) is 2. The summed E-state index contributed by atoms with van der Waals surface area (Å²) in [5, 5.41) is 11.7. The number of aryl methyl sites for hydroxylation is 1. The Labute approximate surface area is 189 Å². The number of hydrogen-bond donors (Lipinski definition) is 4. The molecule has 4 rings (SSSR count). The fourth-order valence-electron chi connectivity index (χ4n) is 3.84. The maximum Gasteiger partial charge on any atom is 0.275 e. The Morgan fingerprint density at radius 1 is 1.19 bits per heavy atom. The molecule has 0 aliphatic carbocycles. The molecule has 1 aliphatic rings. The molecule has 168 valence electrons. The van der Waals surface area contributed by atoms with Crippen molar-refractivity contribution in [1.82, 2.24) is 14.8 Å². The molecule has 1 aromatic carbocycles. The first-order valence-corrected chi connectivity index (χ1v) is 11.3. The third-order valence-electron chi connectivity index (χ3n) is 5.60. The average molecular weight is 455 g/mol. The van der Waals surface area contributed by atoms with Crippen LogP contribution in [0.15, 0.2) is 35.3 Å². The fourth-order valence-corrected chi connectivity index (χ4v) is 4.37. The maximum absolute atomic E-state index is 13.2. The van der Waals surface area contributed by atoms with Crippen molar-refractivity contribution in [2.24, 2.45) is 18.7 Å². The summed E-state index contributed by atoms with van der Waals surface area (Å²) in [6, 6.07) is 4.76. The van der Waals surface area contributed by atoms with Gasteiger partial charge in [-0.3, -0.25) is 14.3 Å². The highest BCUT2D eigenvalue weighted by Gasteiger charge is 2.24. The van der Waals surface area contributed by atoms with E-state index in [1.807, 2.05) is 7.05 Å². The zero-order valence-electron chi connectivity index (χ0n) is 17.7. The van der Waals surface area contributed by atoms with E-state index in [4.69, 9.17) is 11.5 Å². The van der Waals surface area contributed by atoms with Crippen LogP contribution in [0.2, 0.25) is 0 Å². The topological polar surface area (TPSA) is 144 Å². The number of nitrogens with one attached hydrogen (secondary N) is 2. The molecule has 1 aliphatic heterocycles. The molecule has 6 N–H and O–H groups in total. The fraction of sp³-hybridized carbons (Fsp3) is 0.333. The summed E-state index contributed by atoms with van der Waals surface area (Å²) in [6.45, 7) is 2.39. The molecule has 1 fully saturated rings. The number of amides is 2. The number of thiazole rings is 1. The van der Waals surface area contributed by atoms with E-state index in [1.54, 1.807) is 40.0 Å². The van der Waals surface area contributed by atoms with E-state index < -0.39 is 5.91 Å². The summed E-state index contributed by atoms with van der Waals surface area (Å²) in [4.78, 5) is 31.9. The van der Waals surface area contributed by atoms with Gasteiger partial charge in [-0.1, -0.05) is 0 Å². The SMILES string of the molecule is Cn1ncc(NC(=O)c2ccc(N)cc2NC(=O)c2cscn2)c1N1CCC(CN)CC1. The predicted octanol–water partition coefficient (Wildman–Crippen LogP) is 2.14. The van der Waals surface area contributed by atoms with Gasteiger partial charge in [0.2, 0.25) is 0 Å². The van der Waals surface area contributed by atoms with E-state index >= 15 is 0 Å². The van der Waals surface area contributed by atoms with Crippen molar-refractivity contribution in [3.8, 4) is 0 Å².